The lowest BCUT2D eigenvalue weighted by molar-refractivity contribution is 0.163. The van der Waals surface area contributed by atoms with Crippen LogP contribution in [0.15, 0.2) is 24.4 Å². The van der Waals surface area contributed by atoms with Crippen LogP contribution >= 0.6 is 0 Å². The predicted molar refractivity (Wildman–Crippen MR) is 65.1 cm³/mol. The molecule has 0 fully saturated rings. The van der Waals surface area contributed by atoms with Gasteiger partial charge in [-0.2, -0.15) is 0 Å². The second kappa shape index (κ2) is 5.94. The number of aromatic nitrogens is 1. The largest absolute Gasteiger partial charge is 0.394 e. The first-order chi connectivity index (χ1) is 7.53. The highest BCUT2D eigenvalue weighted by molar-refractivity contribution is 5.03. The fourth-order valence-electron chi connectivity index (χ4n) is 1.60. The first-order valence-electron chi connectivity index (χ1n) is 5.52. The summed E-state index contributed by atoms with van der Waals surface area (Å²) < 4.78 is 0. The molecule has 0 amide bonds. The maximum absolute atomic E-state index is 9.06. The summed E-state index contributed by atoms with van der Waals surface area (Å²) in [6.45, 7) is 3.42. The molecular weight excluding hydrogens is 202 g/mol. The summed E-state index contributed by atoms with van der Waals surface area (Å²) in [4.78, 5) is 6.38. The Morgan fingerprint density at radius 1 is 1.50 bits per heavy atom. The lowest BCUT2D eigenvalue weighted by Crippen LogP contribution is -2.49. The molecule has 0 aliphatic heterocycles. The molecule has 0 radical (unpaired) electrons. The van der Waals surface area contributed by atoms with Crippen molar-refractivity contribution >= 4 is 0 Å². The molecule has 1 rings (SSSR count). The number of hydrogen-bond acceptors (Lipinski definition) is 4. The quantitative estimate of drug-likeness (QED) is 0.726. The average molecular weight is 223 g/mol. The third-order valence-electron chi connectivity index (χ3n) is 2.47. The van der Waals surface area contributed by atoms with Gasteiger partial charge in [-0.05, 0) is 26.1 Å². The minimum absolute atomic E-state index is 0.000920. The minimum atomic E-state index is -0.529. The summed E-state index contributed by atoms with van der Waals surface area (Å²) in [5.74, 6) is 0. The number of pyridine rings is 1. The zero-order valence-electron chi connectivity index (χ0n) is 10.1. The molecule has 90 valence electrons. The van der Waals surface area contributed by atoms with Gasteiger partial charge in [0.05, 0.1) is 6.61 Å². The minimum Gasteiger partial charge on any atom is -0.394 e. The van der Waals surface area contributed by atoms with Gasteiger partial charge in [0.2, 0.25) is 0 Å². The third-order valence-corrected chi connectivity index (χ3v) is 2.47. The van der Waals surface area contributed by atoms with Crippen molar-refractivity contribution in [1.82, 2.24) is 9.88 Å². The van der Waals surface area contributed by atoms with E-state index >= 15 is 0 Å². The molecule has 0 saturated carbocycles. The average Bonchev–Trinajstić information content (AvgIpc) is 2.27. The van der Waals surface area contributed by atoms with Crippen molar-refractivity contribution in [3.8, 4) is 0 Å². The van der Waals surface area contributed by atoms with Crippen molar-refractivity contribution in [2.75, 3.05) is 26.7 Å². The van der Waals surface area contributed by atoms with Gasteiger partial charge < -0.3 is 15.7 Å². The Morgan fingerprint density at radius 3 is 2.81 bits per heavy atom. The molecule has 0 bridgehead atoms. The summed E-state index contributed by atoms with van der Waals surface area (Å²) >= 11 is 0. The number of hydrogen-bond donors (Lipinski definition) is 2. The number of nitrogens with two attached hydrogens (primary N) is 1. The first-order valence-corrected chi connectivity index (χ1v) is 5.52. The molecule has 0 aliphatic carbocycles. The van der Waals surface area contributed by atoms with Crippen LogP contribution in [0.2, 0.25) is 0 Å². The van der Waals surface area contributed by atoms with E-state index in [2.05, 4.69) is 9.88 Å². The molecule has 16 heavy (non-hydrogen) atoms. The molecule has 0 saturated heterocycles. The normalized spacial score (nSPS) is 15.1. The second-order valence-corrected chi connectivity index (χ2v) is 4.62. The molecular formula is C12H21N3O. The zero-order chi connectivity index (χ0) is 12.0. The Labute approximate surface area is 97.1 Å². The molecule has 1 atom stereocenters. The smallest absolute Gasteiger partial charge is 0.0621 e. The molecule has 1 heterocycles. The Balaban J connectivity index is 2.33. The highest BCUT2D eigenvalue weighted by atomic mass is 16.3. The molecule has 1 unspecified atom stereocenters. The van der Waals surface area contributed by atoms with Gasteiger partial charge in [0.1, 0.15) is 0 Å². The number of nitrogens with zero attached hydrogens (tertiary/aromatic N) is 2. The highest BCUT2D eigenvalue weighted by Crippen LogP contribution is 2.02. The molecule has 1 aromatic heterocycles. The monoisotopic (exact) mass is 223 g/mol. The van der Waals surface area contributed by atoms with E-state index in [9.17, 15) is 0 Å². The molecule has 4 nitrogen and oxygen atoms in total. The van der Waals surface area contributed by atoms with E-state index in [-0.39, 0.29) is 6.61 Å². The van der Waals surface area contributed by atoms with Gasteiger partial charge >= 0.3 is 0 Å². The van der Waals surface area contributed by atoms with Gasteiger partial charge in [0.15, 0.2) is 0 Å². The SMILES string of the molecule is CN(CCc1ccccn1)CC(C)(N)CO. The Morgan fingerprint density at radius 2 is 2.25 bits per heavy atom. The van der Waals surface area contributed by atoms with Crippen LogP contribution in [-0.2, 0) is 6.42 Å². The van der Waals surface area contributed by atoms with Crippen LogP contribution in [0.4, 0.5) is 0 Å². The summed E-state index contributed by atoms with van der Waals surface area (Å²) in [5.41, 5.74) is 6.43. The van der Waals surface area contributed by atoms with Gasteiger partial charge in [-0.25, -0.2) is 0 Å². The molecule has 3 N–H and O–H groups in total. The van der Waals surface area contributed by atoms with Crippen LogP contribution in [0.5, 0.6) is 0 Å². The first kappa shape index (κ1) is 13.1. The number of rotatable bonds is 6. The summed E-state index contributed by atoms with van der Waals surface area (Å²) in [6.07, 6.45) is 2.70. The standard InChI is InChI=1S/C12H21N3O/c1-12(13,10-16)9-15(2)8-6-11-5-3-4-7-14-11/h3-5,7,16H,6,8-10,13H2,1-2H3. The third kappa shape index (κ3) is 4.70. The second-order valence-electron chi connectivity index (χ2n) is 4.62. The van der Waals surface area contributed by atoms with Crippen LogP contribution in [0.25, 0.3) is 0 Å². The van der Waals surface area contributed by atoms with Crippen molar-refractivity contribution in [3.05, 3.63) is 30.1 Å². The maximum Gasteiger partial charge on any atom is 0.0621 e. The van der Waals surface area contributed by atoms with E-state index in [1.165, 1.54) is 0 Å². The number of likely N-dealkylation sites (N-methyl/N-ethyl adjacent to an activating group) is 1. The van der Waals surface area contributed by atoms with E-state index in [4.69, 9.17) is 10.8 Å². The van der Waals surface area contributed by atoms with Crippen LogP contribution in [0.3, 0.4) is 0 Å². The fourth-order valence-corrected chi connectivity index (χ4v) is 1.60. The maximum atomic E-state index is 9.06. The highest BCUT2D eigenvalue weighted by Gasteiger charge is 2.19. The summed E-state index contributed by atoms with van der Waals surface area (Å²) in [6, 6.07) is 5.92. The van der Waals surface area contributed by atoms with E-state index < -0.39 is 5.54 Å². The van der Waals surface area contributed by atoms with Crippen LogP contribution in [-0.4, -0.2) is 47.3 Å². The summed E-state index contributed by atoms with van der Waals surface area (Å²) in [7, 11) is 2.00. The van der Waals surface area contributed by atoms with Gasteiger partial charge in [-0.3, -0.25) is 4.98 Å². The zero-order valence-corrected chi connectivity index (χ0v) is 10.1. The Bertz CT molecular complexity index is 300. The fraction of sp³-hybridized carbons (Fsp3) is 0.583. The van der Waals surface area contributed by atoms with Crippen LogP contribution < -0.4 is 5.73 Å². The lowest BCUT2D eigenvalue weighted by Gasteiger charge is -2.28. The lowest BCUT2D eigenvalue weighted by atomic mass is 10.1. The molecule has 0 aromatic carbocycles. The number of aliphatic hydroxyl groups excluding tert-OH is 1. The van der Waals surface area contributed by atoms with Gasteiger partial charge in [-0.1, -0.05) is 6.07 Å². The molecule has 0 spiro atoms. The molecule has 1 aromatic rings. The van der Waals surface area contributed by atoms with Gasteiger partial charge in [0, 0.05) is 36.9 Å². The van der Waals surface area contributed by atoms with Crippen molar-refractivity contribution < 1.29 is 5.11 Å². The van der Waals surface area contributed by atoms with Crippen molar-refractivity contribution in [3.63, 3.8) is 0 Å². The van der Waals surface area contributed by atoms with Gasteiger partial charge in [-0.15, -0.1) is 0 Å². The van der Waals surface area contributed by atoms with Crippen molar-refractivity contribution in [1.29, 1.82) is 0 Å². The number of aliphatic hydroxyl groups is 1. The van der Waals surface area contributed by atoms with E-state index in [0.717, 1.165) is 18.7 Å². The molecule has 4 heteroatoms. The molecule has 0 aliphatic rings. The van der Waals surface area contributed by atoms with E-state index in [1.54, 1.807) is 6.20 Å². The topological polar surface area (TPSA) is 62.4 Å². The van der Waals surface area contributed by atoms with Crippen molar-refractivity contribution in [2.45, 2.75) is 18.9 Å². The Kier molecular flexibility index (Phi) is 4.86. The van der Waals surface area contributed by atoms with Gasteiger partial charge in [0.25, 0.3) is 0 Å². The van der Waals surface area contributed by atoms with Crippen LogP contribution in [0.1, 0.15) is 12.6 Å². The Hall–Kier alpha value is -0.970. The summed E-state index contributed by atoms with van der Waals surface area (Å²) in [5, 5.41) is 9.06. The van der Waals surface area contributed by atoms with E-state index in [0.29, 0.717) is 6.54 Å². The predicted octanol–water partition coefficient (Wildman–Crippen LogP) is 0.266. The van der Waals surface area contributed by atoms with Crippen LogP contribution in [0, 0.1) is 0 Å². The van der Waals surface area contributed by atoms with E-state index in [1.807, 2.05) is 32.2 Å². The van der Waals surface area contributed by atoms with Crippen molar-refractivity contribution in [2.24, 2.45) is 5.73 Å².